The van der Waals surface area contributed by atoms with Crippen molar-refractivity contribution in [3.05, 3.63) is 0 Å². The Bertz CT molecular complexity index is 427. The van der Waals surface area contributed by atoms with Crippen LogP contribution >= 0.6 is 0 Å². The molecule has 2 atom stereocenters. The van der Waals surface area contributed by atoms with Gasteiger partial charge in [0, 0.05) is 53.3 Å². The van der Waals surface area contributed by atoms with Crippen molar-refractivity contribution in [3.63, 3.8) is 0 Å². The van der Waals surface area contributed by atoms with Crippen molar-refractivity contribution in [2.45, 2.75) is 71.6 Å². The molecule has 0 aliphatic heterocycles. The third-order valence-corrected chi connectivity index (χ3v) is 4.93. The highest BCUT2D eigenvalue weighted by molar-refractivity contribution is 5.75. The molecule has 31 heavy (non-hydrogen) atoms. The number of unbranched alkanes of at least 4 members (excludes halogenated alkanes) is 1. The van der Waals surface area contributed by atoms with Gasteiger partial charge < -0.3 is 34.0 Å². The third kappa shape index (κ3) is 23.1. The number of aliphatic hydroxyl groups excluding tert-OH is 2. The lowest BCUT2D eigenvalue weighted by molar-refractivity contribution is -0.145. The third-order valence-electron chi connectivity index (χ3n) is 4.93. The van der Waals surface area contributed by atoms with E-state index in [1.54, 1.807) is 28.1 Å². The van der Waals surface area contributed by atoms with Crippen LogP contribution in [0, 0.1) is 11.8 Å². The molecule has 2 unspecified atom stereocenters. The van der Waals surface area contributed by atoms with Crippen LogP contribution in [0.25, 0.3) is 0 Å². The summed E-state index contributed by atoms with van der Waals surface area (Å²) < 4.78 is 14.4. The minimum atomic E-state index is -0.159. The highest BCUT2D eigenvalue weighted by Crippen LogP contribution is 2.28. The van der Waals surface area contributed by atoms with Crippen molar-refractivity contribution in [3.8, 4) is 0 Å². The van der Waals surface area contributed by atoms with Gasteiger partial charge in [-0.15, -0.1) is 0 Å². The first-order valence-corrected chi connectivity index (χ1v) is 11.2. The predicted octanol–water partition coefficient (Wildman–Crippen LogP) is 2.71. The van der Waals surface area contributed by atoms with Gasteiger partial charge in [0.2, 0.25) is 0 Å². The molecule has 0 radical (unpaired) electrons. The van der Waals surface area contributed by atoms with Gasteiger partial charge in [0.15, 0.2) is 0 Å². The standard InChI is InChI=1S/C14H26O4.C9H18O4/c1-11(17)3-5-13(7-9-15)14(8-10-16)6-4-12(2)18;1-11-6-4-3-5-9(10)13-8-7-12-2/h13-16H,3-10H2,1-2H3;3-8H2,1-2H3. The first-order valence-electron chi connectivity index (χ1n) is 11.2. The molecule has 184 valence electrons. The predicted molar refractivity (Wildman–Crippen MR) is 119 cm³/mol. The zero-order valence-electron chi connectivity index (χ0n) is 19.9. The van der Waals surface area contributed by atoms with Gasteiger partial charge in [-0.3, -0.25) is 4.79 Å². The average Bonchev–Trinajstić information content (AvgIpc) is 2.72. The number of esters is 1. The molecule has 0 aromatic rings. The molecule has 0 heterocycles. The summed E-state index contributed by atoms with van der Waals surface area (Å²) in [4.78, 5) is 33.0. The molecule has 0 aromatic carbocycles. The summed E-state index contributed by atoms with van der Waals surface area (Å²) in [5.41, 5.74) is 0. The van der Waals surface area contributed by atoms with Crippen LogP contribution in [0.1, 0.15) is 71.6 Å². The lowest BCUT2D eigenvalue weighted by atomic mass is 9.80. The molecule has 0 aromatic heterocycles. The number of Topliss-reactive ketones (excluding diaryl/α,β-unsaturated/α-hetero) is 2. The SMILES string of the molecule is CC(=O)CCC(CCO)C(CCO)CCC(C)=O.COCCCCC(=O)OCCOC. The molecule has 0 saturated carbocycles. The van der Waals surface area contributed by atoms with E-state index in [9.17, 15) is 14.4 Å². The van der Waals surface area contributed by atoms with Gasteiger partial charge in [-0.25, -0.2) is 0 Å². The molecular formula is C23H44O8. The van der Waals surface area contributed by atoms with Crippen LogP contribution in [0.2, 0.25) is 0 Å². The van der Waals surface area contributed by atoms with Crippen molar-refractivity contribution < 1.29 is 38.8 Å². The minimum absolute atomic E-state index is 0.0879. The Kier molecular flexibility index (Phi) is 23.9. The fourth-order valence-electron chi connectivity index (χ4n) is 3.17. The van der Waals surface area contributed by atoms with Gasteiger partial charge in [-0.1, -0.05) is 0 Å². The first-order chi connectivity index (χ1) is 14.8. The van der Waals surface area contributed by atoms with Crippen LogP contribution in [-0.2, 0) is 28.6 Å². The fraction of sp³-hybridized carbons (Fsp3) is 0.870. The van der Waals surface area contributed by atoms with Crippen LogP contribution in [0.5, 0.6) is 0 Å². The number of methoxy groups -OCH3 is 2. The van der Waals surface area contributed by atoms with Crippen molar-refractivity contribution in [2.75, 3.05) is 47.3 Å². The van der Waals surface area contributed by atoms with Crippen molar-refractivity contribution >= 4 is 17.5 Å². The Balaban J connectivity index is 0. The molecular weight excluding hydrogens is 404 g/mol. The Hall–Kier alpha value is -1.35. The average molecular weight is 449 g/mol. The lowest BCUT2D eigenvalue weighted by Gasteiger charge is -2.26. The van der Waals surface area contributed by atoms with Crippen molar-refractivity contribution in [1.82, 2.24) is 0 Å². The molecule has 0 fully saturated rings. The first kappa shape index (κ1) is 31.8. The molecule has 0 amide bonds. The number of rotatable bonds is 19. The van der Waals surface area contributed by atoms with E-state index in [0.717, 1.165) is 25.7 Å². The summed E-state index contributed by atoms with van der Waals surface area (Å²) in [5, 5.41) is 18.2. The Labute approximate surface area is 187 Å². The van der Waals surface area contributed by atoms with Gasteiger partial charge in [-0.05, 0) is 64.2 Å². The number of carbonyl (C=O) groups excluding carboxylic acids is 3. The van der Waals surface area contributed by atoms with E-state index in [0.29, 0.717) is 51.9 Å². The minimum Gasteiger partial charge on any atom is -0.463 e. The van der Waals surface area contributed by atoms with Gasteiger partial charge in [0.1, 0.15) is 18.2 Å². The summed E-state index contributed by atoms with van der Waals surface area (Å²) in [6, 6.07) is 0. The maximum atomic E-state index is 11.0. The van der Waals surface area contributed by atoms with Crippen molar-refractivity contribution in [2.24, 2.45) is 11.8 Å². The molecule has 8 heteroatoms. The van der Waals surface area contributed by atoms with E-state index in [4.69, 9.17) is 24.4 Å². The second-order valence-corrected chi connectivity index (χ2v) is 7.69. The molecule has 0 aliphatic rings. The zero-order valence-corrected chi connectivity index (χ0v) is 19.9. The Morgan fingerprint density at radius 1 is 0.677 bits per heavy atom. The van der Waals surface area contributed by atoms with E-state index in [1.807, 2.05) is 0 Å². The largest absolute Gasteiger partial charge is 0.463 e. The van der Waals surface area contributed by atoms with E-state index in [1.165, 1.54) is 0 Å². The second kappa shape index (κ2) is 23.3. The van der Waals surface area contributed by atoms with Crippen LogP contribution in [0.15, 0.2) is 0 Å². The Morgan fingerprint density at radius 2 is 1.16 bits per heavy atom. The molecule has 0 rings (SSSR count). The summed E-state index contributed by atoms with van der Waals surface area (Å²) >= 11 is 0. The fourth-order valence-corrected chi connectivity index (χ4v) is 3.17. The summed E-state index contributed by atoms with van der Waals surface area (Å²) in [6.45, 7) is 4.81. The molecule has 2 N–H and O–H groups in total. The summed E-state index contributed by atoms with van der Waals surface area (Å²) in [5.74, 6) is 0.559. The van der Waals surface area contributed by atoms with Crippen LogP contribution in [0.3, 0.4) is 0 Å². The molecule has 0 bridgehead atoms. The molecule has 0 aliphatic carbocycles. The number of ketones is 2. The number of aliphatic hydroxyl groups is 2. The molecule has 8 nitrogen and oxygen atoms in total. The maximum Gasteiger partial charge on any atom is 0.305 e. The lowest BCUT2D eigenvalue weighted by Crippen LogP contribution is -2.19. The monoisotopic (exact) mass is 448 g/mol. The maximum absolute atomic E-state index is 11.0. The van der Waals surface area contributed by atoms with Crippen LogP contribution in [0.4, 0.5) is 0 Å². The topological polar surface area (TPSA) is 119 Å². The quantitative estimate of drug-likeness (QED) is 0.229. The second-order valence-electron chi connectivity index (χ2n) is 7.69. The summed E-state index contributed by atoms with van der Waals surface area (Å²) in [6.07, 6.45) is 5.94. The van der Waals surface area contributed by atoms with E-state index < -0.39 is 0 Å². The molecule has 0 spiro atoms. The highest BCUT2D eigenvalue weighted by atomic mass is 16.6. The number of hydrogen-bond donors (Lipinski definition) is 2. The summed E-state index contributed by atoms with van der Waals surface area (Å²) in [7, 11) is 3.23. The van der Waals surface area contributed by atoms with E-state index in [-0.39, 0.29) is 42.6 Å². The highest BCUT2D eigenvalue weighted by Gasteiger charge is 2.21. The van der Waals surface area contributed by atoms with E-state index in [2.05, 4.69) is 0 Å². The number of carbonyl (C=O) groups is 3. The number of hydrogen-bond acceptors (Lipinski definition) is 8. The zero-order chi connectivity index (χ0) is 23.9. The van der Waals surface area contributed by atoms with Gasteiger partial charge in [0.25, 0.3) is 0 Å². The van der Waals surface area contributed by atoms with Crippen LogP contribution < -0.4 is 0 Å². The normalized spacial score (nSPS) is 12.5. The van der Waals surface area contributed by atoms with Gasteiger partial charge >= 0.3 is 5.97 Å². The van der Waals surface area contributed by atoms with Gasteiger partial charge in [-0.2, -0.15) is 0 Å². The van der Waals surface area contributed by atoms with Crippen LogP contribution in [-0.4, -0.2) is 75.0 Å². The van der Waals surface area contributed by atoms with E-state index >= 15 is 0 Å². The van der Waals surface area contributed by atoms with Crippen molar-refractivity contribution in [1.29, 1.82) is 0 Å². The Morgan fingerprint density at radius 3 is 1.55 bits per heavy atom. The molecule has 0 saturated heterocycles. The smallest absolute Gasteiger partial charge is 0.305 e. The number of ether oxygens (including phenoxy) is 3. The van der Waals surface area contributed by atoms with Gasteiger partial charge in [0.05, 0.1) is 6.61 Å².